The van der Waals surface area contributed by atoms with E-state index in [0.717, 1.165) is 11.6 Å². The molecule has 2 aromatic carbocycles. The molecular formula is C26H20F5N3O3. The minimum atomic E-state index is -3.26. The zero-order valence-electron chi connectivity index (χ0n) is 19.0. The average Bonchev–Trinajstić information content (AvgIpc) is 2.86. The fraction of sp³-hybridized carbons (Fsp3) is 0.154. The van der Waals surface area contributed by atoms with E-state index in [0.29, 0.717) is 33.8 Å². The first-order valence-corrected chi connectivity index (χ1v) is 11.0. The number of benzene rings is 2. The van der Waals surface area contributed by atoms with E-state index in [1.165, 1.54) is 36.7 Å². The molecule has 192 valence electrons. The second-order valence-electron chi connectivity index (χ2n) is 7.89. The van der Waals surface area contributed by atoms with E-state index in [2.05, 4.69) is 19.8 Å². The Balaban J connectivity index is 1.67. The molecule has 11 heteroatoms. The number of nitrogens with one attached hydrogen (secondary N) is 1. The van der Waals surface area contributed by atoms with Gasteiger partial charge >= 0.3 is 13.2 Å². The zero-order valence-corrected chi connectivity index (χ0v) is 19.0. The van der Waals surface area contributed by atoms with Crippen LogP contribution in [0.15, 0.2) is 85.3 Å². The van der Waals surface area contributed by atoms with E-state index in [1.807, 2.05) is 0 Å². The van der Waals surface area contributed by atoms with Gasteiger partial charge < -0.3 is 20.0 Å². The molecule has 0 aliphatic carbocycles. The lowest BCUT2D eigenvalue weighted by atomic mass is 9.87. The van der Waals surface area contributed by atoms with Gasteiger partial charge in [-0.1, -0.05) is 12.1 Å². The third-order valence-electron chi connectivity index (χ3n) is 5.42. The fourth-order valence-electron chi connectivity index (χ4n) is 3.73. The molecule has 0 aliphatic heterocycles. The molecular weight excluding hydrogens is 497 g/mol. The lowest BCUT2D eigenvalue weighted by molar-refractivity contribution is -0.605. The first-order chi connectivity index (χ1) is 17.8. The summed E-state index contributed by atoms with van der Waals surface area (Å²) < 4.78 is 74.1. The second kappa shape index (κ2) is 11.5. The van der Waals surface area contributed by atoms with Gasteiger partial charge in [0, 0.05) is 29.9 Å². The van der Waals surface area contributed by atoms with E-state index >= 15 is 0 Å². The fourth-order valence-corrected chi connectivity index (χ4v) is 3.73. The largest absolute Gasteiger partial charge is 0.619 e. The highest BCUT2D eigenvalue weighted by molar-refractivity contribution is 5.56. The van der Waals surface area contributed by atoms with Crippen LogP contribution in [0.4, 0.5) is 33.5 Å². The van der Waals surface area contributed by atoms with Crippen LogP contribution in [0.5, 0.6) is 11.5 Å². The minimum absolute atomic E-state index is 0.330. The van der Waals surface area contributed by atoms with Gasteiger partial charge in [-0.15, -0.1) is 0 Å². The zero-order chi connectivity index (χ0) is 26.4. The summed E-state index contributed by atoms with van der Waals surface area (Å²) >= 11 is 0. The predicted molar refractivity (Wildman–Crippen MR) is 125 cm³/mol. The van der Waals surface area contributed by atoms with Gasteiger partial charge in [0.25, 0.3) is 0 Å². The molecule has 2 heterocycles. The highest BCUT2D eigenvalue weighted by Crippen LogP contribution is 2.37. The maximum Gasteiger partial charge on any atom is 0.387 e. The molecule has 0 amide bonds. The van der Waals surface area contributed by atoms with Crippen molar-refractivity contribution in [2.45, 2.75) is 25.6 Å². The van der Waals surface area contributed by atoms with E-state index in [9.17, 15) is 27.2 Å². The summed E-state index contributed by atoms with van der Waals surface area (Å²) in [4.78, 5) is 4.39. The number of pyridine rings is 2. The maximum atomic E-state index is 13.2. The number of ether oxygens (including phenoxy) is 2. The molecule has 2 aromatic heterocycles. The van der Waals surface area contributed by atoms with Gasteiger partial charge in [0.2, 0.25) is 0 Å². The molecule has 0 radical (unpaired) electrons. The van der Waals surface area contributed by atoms with Crippen molar-refractivity contribution in [2.24, 2.45) is 0 Å². The van der Waals surface area contributed by atoms with Crippen LogP contribution in [0.25, 0.3) is 0 Å². The smallest absolute Gasteiger partial charge is 0.387 e. The Morgan fingerprint density at radius 3 is 2.08 bits per heavy atom. The molecule has 0 saturated carbocycles. The summed E-state index contributed by atoms with van der Waals surface area (Å²) in [7, 11) is 0. The van der Waals surface area contributed by atoms with Crippen molar-refractivity contribution in [1.82, 2.24) is 4.98 Å². The quantitative estimate of drug-likeness (QED) is 0.155. The van der Waals surface area contributed by atoms with Crippen LogP contribution in [0, 0.1) is 11.0 Å². The maximum absolute atomic E-state index is 13.2. The van der Waals surface area contributed by atoms with Gasteiger partial charge in [0.1, 0.15) is 11.6 Å². The van der Waals surface area contributed by atoms with Crippen LogP contribution in [-0.4, -0.2) is 18.2 Å². The number of alkyl halides is 4. The Morgan fingerprint density at radius 2 is 1.46 bits per heavy atom. The predicted octanol–water partition coefficient (Wildman–Crippen LogP) is 6.18. The summed E-state index contributed by atoms with van der Waals surface area (Å²) in [5.41, 5.74) is 2.53. The third kappa shape index (κ3) is 7.06. The number of rotatable bonds is 10. The van der Waals surface area contributed by atoms with Gasteiger partial charge in [-0.2, -0.15) is 22.3 Å². The Labute approximate surface area is 208 Å². The molecule has 4 aromatic rings. The lowest BCUT2D eigenvalue weighted by Gasteiger charge is -2.20. The summed E-state index contributed by atoms with van der Waals surface area (Å²) in [5.74, 6) is -1.44. The topological polar surface area (TPSA) is 70.3 Å². The van der Waals surface area contributed by atoms with Crippen LogP contribution < -0.4 is 19.5 Å². The number of anilines is 2. The van der Waals surface area contributed by atoms with Crippen LogP contribution in [0.3, 0.4) is 0 Å². The third-order valence-corrected chi connectivity index (χ3v) is 5.42. The van der Waals surface area contributed by atoms with Crippen molar-refractivity contribution in [3.63, 3.8) is 0 Å². The van der Waals surface area contributed by atoms with Gasteiger partial charge in [-0.3, -0.25) is 0 Å². The Hall–Kier alpha value is -4.41. The standard InChI is InChI=1S/C26H20F5N3O3/c27-19-3-5-20(6-4-19)33-24-8-2-18(15-32-24)21(13-16-9-11-34(35)12-10-16)17-1-7-22(36-25(28)29)23(14-17)37-26(30)31/h1-12,14-15,21,25-26H,13H2,(H,32,33). The highest BCUT2D eigenvalue weighted by atomic mass is 19.3. The summed E-state index contributed by atoms with van der Waals surface area (Å²) in [6.45, 7) is -6.48. The Kier molecular flexibility index (Phi) is 8.02. The SMILES string of the molecule is [O-][n+]1ccc(CC(c2ccc(Nc3ccc(F)cc3)nc2)c2ccc(OC(F)F)c(OC(F)F)c2)cc1. The van der Waals surface area contributed by atoms with Crippen LogP contribution >= 0.6 is 0 Å². The number of nitrogens with zero attached hydrogens (tertiary/aromatic N) is 2. The molecule has 37 heavy (non-hydrogen) atoms. The van der Waals surface area contributed by atoms with Gasteiger partial charge in [0.15, 0.2) is 23.9 Å². The monoisotopic (exact) mass is 517 g/mol. The molecule has 6 nitrogen and oxygen atoms in total. The first-order valence-electron chi connectivity index (χ1n) is 11.0. The van der Waals surface area contributed by atoms with E-state index in [4.69, 9.17) is 0 Å². The molecule has 1 atom stereocenters. The van der Waals surface area contributed by atoms with E-state index in [1.54, 1.807) is 42.6 Å². The van der Waals surface area contributed by atoms with Crippen molar-refractivity contribution >= 4 is 11.5 Å². The van der Waals surface area contributed by atoms with Crippen LogP contribution in [-0.2, 0) is 6.42 Å². The van der Waals surface area contributed by atoms with Crippen LogP contribution in [0.1, 0.15) is 22.6 Å². The Morgan fingerprint density at radius 1 is 0.811 bits per heavy atom. The molecule has 0 spiro atoms. The highest BCUT2D eigenvalue weighted by Gasteiger charge is 2.21. The molecule has 0 saturated heterocycles. The number of hydrogen-bond donors (Lipinski definition) is 1. The van der Waals surface area contributed by atoms with Crippen molar-refractivity contribution in [3.05, 3.63) is 113 Å². The summed E-state index contributed by atoms with van der Waals surface area (Å²) in [5, 5.41) is 14.5. The normalized spacial score (nSPS) is 12.0. The van der Waals surface area contributed by atoms with Crippen LogP contribution in [0.2, 0.25) is 0 Å². The lowest BCUT2D eigenvalue weighted by Crippen LogP contribution is -2.24. The number of hydrogen-bond acceptors (Lipinski definition) is 5. The molecule has 1 unspecified atom stereocenters. The second-order valence-corrected chi connectivity index (χ2v) is 7.89. The van der Waals surface area contributed by atoms with Gasteiger partial charge in [0.05, 0.1) is 0 Å². The van der Waals surface area contributed by atoms with Gasteiger partial charge in [-0.25, -0.2) is 9.37 Å². The van der Waals surface area contributed by atoms with Crippen molar-refractivity contribution in [3.8, 4) is 11.5 Å². The first kappa shape index (κ1) is 25.7. The molecule has 0 aliphatic rings. The molecule has 0 fully saturated rings. The molecule has 4 rings (SSSR count). The van der Waals surface area contributed by atoms with E-state index in [-0.39, 0.29) is 5.82 Å². The van der Waals surface area contributed by atoms with Crippen molar-refractivity contribution in [1.29, 1.82) is 0 Å². The number of halogens is 5. The molecule has 0 bridgehead atoms. The van der Waals surface area contributed by atoms with Crippen molar-refractivity contribution < 1.29 is 36.2 Å². The van der Waals surface area contributed by atoms with Crippen molar-refractivity contribution in [2.75, 3.05) is 5.32 Å². The van der Waals surface area contributed by atoms with Gasteiger partial charge in [-0.05, 0) is 65.6 Å². The Bertz CT molecular complexity index is 1300. The number of aromatic nitrogens is 2. The average molecular weight is 517 g/mol. The molecule has 1 N–H and O–H groups in total. The summed E-state index contributed by atoms with van der Waals surface area (Å²) in [6, 6.07) is 16.2. The minimum Gasteiger partial charge on any atom is -0.619 e. The summed E-state index contributed by atoms with van der Waals surface area (Å²) in [6.07, 6.45) is 4.55. The van der Waals surface area contributed by atoms with E-state index < -0.39 is 30.6 Å².